The van der Waals surface area contributed by atoms with Gasteiger partial charge < -0.3 is 25.3 Å². The Kier molecular flexibility index (Phi) is 5.03. The summed E-state index contributed by atoms with van der Waals surface area (Å²) in [7, 11) is 1.58. The number of H-pyrrole nitrogens is 1. The van der Waals surface area contributed by atoms with E-state index in [4.69, 9.17) is 16.3 Å². The molecule has 0 bridgehead atoms. The summed E-state index contributed by atoms with van der Waals surface area (Å²) in [6.07, 6.45) is 1.60. The smallest absolute Gasteiger partial charge is 0.267 e. The Labute approximate surface area is 183 Å². The first-order valence-corrected chi connectivity index (χ1v) is 10.6. The van der Waals surface area contributed by atoms with Crippen molar-refractivity contribution in [2.75, 3.05) is 33.2 Å². The van der Waals surface area contributed by atoms with Gasteiger partial charge in [0.2, 0.25) is 0 Å². The Morgan fingerprint density at radius 3 is 2.81 bits per heavy atom. The third kappa shape index (κ3) is 3.51. The van der Waals surface area contributed by atoms with Gasteiger partial charge in [-0.1, -0.05) is 11.6 Å². The highest BCUT2D eigenvalue weighted by Crippen LogP contribution is 2.43. The summed E-state index contributed by atoms with van der Waals surface area (Å²) in [6.45, 7) is 2.94. The maximum atomic E-state index is 13.0. The van der Waals surface area contributed by atoms with Crippen LogP contribution in [0.1, 0.15) is 16.1 Å². The van der Waals surface area contributed by atoms with Crippen LogP contribution in [0, 0.1) is 0 Å². The summed E-state index contributed by atoms with van der Waals surface area (Å²) in [5.74, 6) is 0.439. The zero-order chi connectivity index (χ0) is 21.5. The van der Waals surface area contributed by atoms with E-state index in [0.29, 0.717) is 41.6 Å². The largest absolute Gasteiger partial charge is 0.479 e. The quantitative estimate of drug-likeness (QED) is 0.579. The van der Waals surface area contributed by atoms with E-state index in [-0.39, 0.29) is 11.8 Å². The van der Waals surface area contributed by atoms with Crippen LogP contribution in [0.4, 0.5) is 0 Å². The number of hydrogen-bond acceptors (Lipinski definition) is 5. The second-order valence-corrected chi connectivity index (χ2v) is 8.15. The van der Waals surface area contributed by atoms with Crippen LogP contribution in [0.25, 0.3) is 22.2 Å². The lowest BCUT2D eigenvalue weighted by atomic mass is 9.99. The maximum Gasteiger partial charge on any atom is 0.267 e. The average molecular weight is 440 g/mol. The lowest BCUT2D eigenvalue weighted by Crippen LogP contribution is -2.50. The fourth-order valence-corrected chi connectivity index (χ4v) is 4.51. The van der Waals surface area contributed by atoms with Crippen LogP contribution in [-0.4, -0.2) is 66.0 Å². The second-order valence-electron chi connectivity index (χ2n) is 7.71. The molecular weight excluding hydrogens is 418 g/mol. The third-order valence-corrected chi connectivity index (χ3v) is 6.01. The van der Waals surface area contributed by atoms with Crippen molar-refractivity contribution in [1.82, 2.24) is 25.5 Å². The van der Waals surface area contributed by atoms with E-state index in [1.165, 1.54) is 0 Å². The summed E-state index contributed by atoms with van der Waals surface area (Å²) in [4.78, 5) is 34.3. The summed E-state index contributed by atoms with van der Waals surface area (Å²) >= 11 is 6.44. The predicted molar refractivity (Wildman–Crippen MR) is 117 cm³/mol. The molecular formula is C22H22ClN5O3. The Bertz CT molecular complexity index is 1190. The lowest BCUT2D eigenvalue weighted by Gasteiger charge is -2.29. The predicted octanol–water partition coefficient (Wildman–Crippen LogP) is 1.98. The molecule has 1 aromatic carbocycles. The molecule has 1 saturated heterocycles. The van der Waals surface area contributed by atoms with Gasteiger partial charge >= 0.3 is 0 Å². The molecule has 8 nitrogen and oxygen atoms in total. The standard InChI is InChI=1S/C22H22ClN5O3/c1-24-21(29)17-11-16-14(2-3-26-20(16)27-17)15-10-13(23)8-12-9-18(31-19(12)15)22(30)28-6-4-25-5-7-28/h2-3,8,10-11,18,25H,4-7,9H2,1H3,(H,24,29)(H,26,27). The van der Waals surface area contributed by atoms with Gasteiger partial charge in [0.15, 0.2) is 6.10 Å². The molecule has 1 unspecified atom stereocenters. The number of fused-ring (bicyclic) bond motifs is 2. The van der Waals surface area contributed by atoms with Crippen molar-refractivity contribution in [3.05, 3.63) is 46.7 Å². The minimum Gasteiger partial charge on any atom is -0.479 e. The molecule has 2 amide bonds. The number of rotatable bonds is 3. The number of hydrogen-bond donors (Lipinski definition) is 3. The molecule has 0 spiro atoms. The van der Waals surface area contributed by atoms with Crippen molar-refractivity contribution in [2.24, 2.45) is 0 Å². The normalized spacial score (nSPS) is 18.0. The van der Waals surface area contributed by atoms with E-state index in [0.717, 1.165) is 35.2 Å². The van der Waals surface area contributed by atoms with Gasteiger partial charge in [-0.05, 0) is 29.8 Å². The van der Waals surface area contributed by atoms with E-state index in [9.17, 15) is 9.59 Å². The van der Waals surface area contributed by atoms with Crippen molar-refractivity contribution >= 4 is 34.4 Å². The van der Waals surface area contributed by atoms with E-state index in [1.54, 1.807) is 19.3 Å². The number of amides is 2. The first-order valence-electron chi connectivity index (χ1n) is 10.2. The summed E-state index contributed by atoms with van der Waals surface area (Å²) in [6, 6.07) is 7.32. The highest BCUT2D eigenvalue weighted by atomic mass is 35.5. The van der Waals surface area contributed by atoms with Gasteiger partial charge in [0, 0.05) is 67.4 Å². The van der Waals surface area contributed by atoms with Gasteiger partial charge in [-0.25, -0.2) is 4.98 Å². The van der Waals surface area contributed by atoms with Crippen LogP contribution in [0.5, 0.6) is 5.75 Å². The number of pyridine rings is 1. The number of aromatic nitrogens is 2. The maximum absolute atomic E-state index is 13.0. The van der Waals surface area contributed by atoms with E-state index >= 15 is 0 Å². The number of ether oxygens (including phenoxy) is 1. The fourth-order valence-electron chi connectivity index (χ4n) is 4.27. The number of carbonyl (C=O) groups excluding carboxylic acids is 2. The van der Waals surface area contributed by atoms with Gasteiger partial charge in [-0.3, -0.25) is 9.59 Å². The van der Waals surface area contributed by atoms with Crippen LogP contribution < -0.4 is 15.4 Å². The number of nitrogens with one attached hydrogen (secondary N) is 3. The zero-order valence-electron chi connectivity index (χ0n) is 17.0. The van der Waals surface area contributed by atoms with Gasteiger partial charge in [0.05, 0.1) is 0 Å². The van der Waals surface area contributed by atoms with Crippen molar-refractivity contribution in [1.29, 1.82) is 0 Å². The summed E-state index contributed by atoms with van der Waals surface area (Å²) in [5, 5.41) is 7.22. The van der Waals surface area contributed by atoms with Crippen molar-refractivity contribution < 1.29 is 14.3 Å². The molecule has 9 heteroatoms. The molecule has 0 aliphatic carbocycles. The number of piperazine rings is 1. The number of halogens is 1. The summed E-state index contributed by atoms with van der Waals surface area (Å²) in [5.41, 5.74) is 3.54. The van der Waals surface area contributed by atoms with Crippen LogP contribution >= 0.6 is 11.6 Å². The van der Waals surface area contributed by atoms with E-state index in [2.05, 4.69) is 20.6 Å². The Morgan fingerprint density at radius 1 is 1.23 bits per heavy atom. The second kappa shape index (κ2) is 7.86. The van der Waals surface area contributed by atoms with Crippen molar-refractivity contribution in [2.45, 2.75) is 12.5 Å². The minimum atomic E-state index is -0.560. The zero-order valence-corrected chi connectivity index (χ0v) is 17.8. The van der Waals surface area contributed by atoms with Crippen LogP contribution in [0.15, 0.2) is 30.5 Å². The van der Waals surface area contributed by atoms with Crippen molar-refractivity contribution in [3.63, 3.8) is 0 Å². The molecule has 0 saturated carbocycles. The van der Waals surface area contributed by atoms with Crippen LogP contribution in [0.3, 0.4) is 0 Å². The van der Waals surface area contributed by atoms with E-state index in [1.807, 2.05) is 23.1 Å². The molecule has 2 aromatic heterocycles. The van der Waals surface area contributed by atoms with Gasteiger partial charge in [-0.2, -0.15) is 0 Å². The number of carbonyl (C=O) groups is 2. The van der Waals surface area contributed by atoms with E-state index < -0.39 is 6.10 Å². The van der Waals surface area contributed by atoms with Gasteiger partial charge in [0.25, 0.3) is 11.8 Å². The minimum absolute atomic E-state index is 0.00296. The first-order chi connectivity index (χ1) is 15.0. The molecule has 2 aliphatic rings. The Morgan fingerprint density at radius 2 is 2.03 bits per heavy atom. The highest BCUT2D eigenvalue weighted by Gasteiger charge is 2.35. The molecule has 1 fully saturated rings. The third-order valence-electron chi connectivity index (χ3n) is 5.79. The average Bonchev–Trinajstić information content (AvgIpc) is 3.42. The highest BCUT2D eigenvalue weighted by molar-refractivity contribution is 6.31. The number of benzene rings is 1. The monoisotopic (exact) mass is 439 g/mol. The molecule has 3 aromatic rings. The molecule has 0 radical (unpaired) electrons. The molecule has 4 heterocycles. The topological polar surface area (TPSA) is 99.3 Å². The van der Waals surface area contributed by atoms with Crippen LogP contribution in [-0.2, 0) is 11.2 Å². The molecule has 31 heavy (non-hydrogen) atoms. The first kappa shape index (κ1) is 19.8. The molecule has 2 aliphatic heterocycles. The van der Waals surface area contributed by atoms with Crippen LogP contribution in [0.2, 0.25) is 5.02 Å². The Balaban J connectivity index is 1.54. The molecule has 3 N–H and O–H groups in total. The van der Waals surface area contributed by atoms with Gasteiger partial charge in [0.1, 0.15) is 17.1 Å². The Hall–Kier alpha value is -3.10. The number of aromatic amines is 1. The summed E-state index contributed by atoms with van der Waals surface area (Å²) < 4.78 is 6.21. The molecule has 1 atom stereocenters. The molecule has 160 valence electrons. The molecule has 5 rings (SSSR count). The van der Waals surface area contributed by atoms with Gasteiger partial charge in [-0.15, -0.1) is 0 Å². The fraction of sp³-hybridized carbons (Fsp3) is 0.318. The SMILES string of the molecule is CNC(=O)c1cc2c(-c3cc(Cl)cc4c3OC(C(=O)N3CCNCC3)C4)ccnc2[nH]1. The lowest BCUT2D eigenvalue weighted by molar-refractivity contribution is -0.138. The number of nitrogens with zero attached hydrogens (tertiary/aromatic N) is 2. The van der Waals surface area contributed by atoms with Crippen molar-refractivity contribution in [3.8, 4) is 16.9 Å².